The fourth-order valence-corrected chi connectivity index (χ4v) is 4.93. The summed E-state index contributed by atoms with van der Waals surface area (Å²) < 4.78 is 16.7. The molecule has 0 amide bonds. The molecule has 3 heterocycles. The van der Waals surface area contributed by atoms with Gasteiger partial charge in [0.2, 0.25) is 17.7 Å². The van der Waals surface area contributed by atoms with Gasteiger partial charge in [0.1, 0.15) is 33.8 Å². The van der Waals surface area contributed by atoms with Crippen molar-refractivity contribution in [2.45, 2.75) is 0 Å². The number of phenolic OH excluding ortho intramolecular Hbond substituents is 3. The van der Waals surface area contributed by atoms with E-state index in [2.05, 4.69) is 15.0 Å². The molecule has 237 valence electrons. The van der Waals surface area contributed by atoms with Gasteiger partial charge < -0.3 is 28.6 Å². The van der Waals surface area contributed by atoms with E-state index in [1.54, 1.807) is 54.6 Å². The van der Waals surface area contributed by atoms with Crippen LogP contribution in [0.5, 0.6) is 17.2 Å². The van der Waals surface area contributed by atoms with E-state index in [9.17, 15) is 15.3 Å². The van der Waals surface area contributed by atoms with Gasteiger partial charge in [-0.05, 0) is 72.8 Å². The van der Waals surface area contributed by atoms with Gasteiger partial charge in [-0.15, -0.1) is 0 Å². The summed E-state index contributed by atoms with van der Waals surface area (Å²) >= 11 is 0. The predicted molar refractivity (Wildman–Crippen MR) is 183 cm³/mol. The molecule has 1 radical (unpaired) electrons. The number of oxazole rings is 3. The summed E-state index contributed by atoms with van der Waals surface area (Å²) in [5.41, 5.74) is 6.38. The third-order valence-corrected chi connectivity index (χ3v) is 7.29. The van der Waals surface area contributed by atoms with Crippen molar-refractivity contribution in [2.24, 2.45) is 0 Å². The van der Waals surface area contributed by atoms with Crippen molar-refractivity contribution in [1.29, 1.82) is 0 Å². The molecule has 9 nitrogen and oxygen atoms in total. The normalized spacial score (nSPS) is 10.5. The molecule has 0 aliphatic carbocycles. The SMILES string of the molecule is Oc1ccccc1-c1nc2ccccc2o1.Oc1ccccc1-c1nc2ccccc2o1.Oc1ccccc1-c1nc2ccccc2o1.[Sc]. The van der Waals surface area contributed by atoms with Gasteiger partial charge in [0, 0.05) is 25.8 Å². The zero-order chi connectivity index (χ0) is 32.9. The monoisotopic (exact) mass is 678 g/mol. The average molecular weight is 679 g/mol. The minimum atomic E-state index is 0. The Balaban J connectivity index is 0.000000126. The molecule has 0 saturated carbocycles. The molecule has 10 heteroatoms. The number of phenols is 3. The quantitative estimate of drug-likeness (QED) is 0.167. The van der Waals surface area contributed by atoms with Crippen molar-refractivity contribution in [2.75, 3.05) is 0 Å². The number of nitrogens with zero attached hydrogens (tertiary/aromatic N) is 3. The van der Waals surface area contributed by atoms with E-state index < -0.39 is 0 Å². The van der Waals surface area contributed by atoms with Crippen LogP contribution in [0.1, 0.15) is 0 Å². The molecule has 49 heavy (non-hydrogen) atoms. The molecule has 0 saturated heterocycles. The smallest absolute Gasteiger partial charge is 0.231 e. The van der Waals surface area contributed by atoms with E-state index in [1.165, 1.54) is 0 Å². The second kappa shape index (κ2) is 14.8. The fourth-order valence-electron chi connectivity index (χ4n) is 4.93. The van der Waals surface area contributed by atoms with Gasteiger partial charge in [-0.1, -0.05) is 72.8 Å². The number of para-hydroxylation sites is 9. The van der Waals surface area contributed by atoms with Crippen LogP contribution in [0.2, 0.25) is 0 Å². The number of aromatic hydroxyl groups is 3. The molecule has 9 aromatic rings. The second-order valence-electron chi connectivity index (χ2n) is 10.5. The first-order valence-corrected chi connectivity index (χ1v) is 15.0. The van der Waals surface area contributed by atoms with Crippen LogP contribution in [0, 0.1) is 0 Å². The summed E-state index contributed by atoms with van der Waals surface area (Å²) in [4.78, 5) is 13.0. The summed E-state index contributed by atoms with van der Waals surface area (Å²) in [7, 11) is 0. The topological polar surface area (TPSA) is 139 Å². The third-order valence-electron chi connectivity index (χ3n) is 7.29. The molecule has 0 bridgehead atoms. The summed E-state index contributed by atoms with van der Waals surface area (Å²) in [6.45, 7) is 0. The minimum Gasteiger partial charge on any atom is -0.507 e. The van der Waals surface area contributed by atoms with Crippen LogP contribution in [-0.2, 0) is 25.8 Å². The number of benzene rings is 6. The predicted octanol–water partition coefficient (Wildman–Crippen LogP) is 9.60. The molecule has 0 atom stereocenters. The van der Waals surface area contributed by atoms with Gasteiger partial charge in [-0.3, -0.25) is 0 Å². The average Bonchev–Trinajstić information content (AvgIpc) is 3.86. The van der Waals surface area contributed by atoms with Gasteiger partial charge in [0.25, 0.3) is 0 Å². The van der Waals surface area contributed by atoms with Crippen LogP contribution < -0.4 is 0 Å². The molecular formula is C39H27N3O6Sc. The van der Waals surface area contributed by atoms with Crippen molar-refractivity contribution in [3.8, 4) is 51.6 Å². The molecule has 3 N–H and O–H groups in total. The zero-order valence-corrected chi connectivity index (χ0v) is 27.6. The Bertz CT molecular complexity index is 2110. The maximum Gasteiger partial charge on any atom is 0.231 e. The van der Waals surface area contributed by atoms with Crippen molar-refractivity contribution >= 4 is 33.3 Å². The van der Waals surface area contributed by atoms with Crippen molar-refractivity contribution in [3.63, 3.8) is 0 Å². The summed E-state index contributed by atoms with van der Waals surface area (Å²) in [5.74, 6) is 1.86. The van der Waals surface area contributed by atoms with Crippen LogP contribution in [-0.4, -0.2) is 30.3 Å². The van der Waals surface area contributed by atoms with E-state index in [0.717, 1.165) is 33.3 Å². The maximum atomic E-state index is 9.69. The number of rotatable bonds is 3. The Morgan fingerprint density at radius 2 is 0.571 bits per heavy atom. The van der Waals surface area contributed by atoms with E-state index in [0.29, 0.717) is 34.4 Å². The number of hydrogen-bond acceptors (Lipinski definition) is 9. The second-order valence-corrected chi connectivity index (χ2v) is 10.5. The third kappa shape index (κ3) is 7.29. The first kappa shape index (κ1) is 32.9. The number of aromatic nitrogens is 3. The molecule has 0 aliphatic rings. The van der Waals surface area contributed by atoms with Gasteiger partial charge in [0.15, 0.2) is 16.7 Å². The number of hydrogen-bond donors (Lipinski definition) is 3. The Kier molecular flexibility index (Phi) is 9.96. The van der Waals surface area contributed by atoms with Crippen LogP contribution in [0.4, 0.5) is 0 Å². The van der Waals surface area contributed by atoms with Crippen molar-refractivity contribution in [3.05, 3.63) is 146 Å². The summed E-state index contributed by atoms with van der Waals surface area (Å²) in [6.07, 6.45) is 0. The van der Waals surface area contributed by atoms with Crippen LogP contribution in [0.15, 0.2) is 159 Å². The summed E-state index contributed by atoms with van der Waals surface area (Å²) in [6, 6.07) is 43.6. The molecule has 6 aromatic carbocycles. The molecule has 0 fully saturated rings. The first-order valence-electron chi connectivity index (χ1n) is 15.0. The number of fused-ring (bicyclic) bond motifs is 3. The van der Waals surface area contributed by atoms with Gasteiger partial charge in [-0.25, -0.2) is 15.0 Å². The standard InChI is InChI=1S/3C13H9NO2.Sc/c3*15-11-7-3-1-5-9(11)13-14-10-6-2-4-8-12(10)16-13;/h3*1-8,15H;. The van der Waals surface area contributed by atoms with E-state index in [-0.39, 0.29) is 43.1 Å². The Labute approximate surface area is 298 Å². The van der Waals surface area contributed by atoms with Gasteiger partial charge in [0.05, 0.1) is 16.7 Å². The van der Waals surface area contributed by atoms with Gasteiger partial charge in [-0.2, -0.15) is 0 Å². The largest absolute Gasteiger partial charge is 0.507 e. The van der Waals surface area contributed by atoms with E-state index in [1.807, 2.05) is 91.0 Å². The van der Waals surface area contributed by atoms with Crippen LogP contribution in [0.3, 0.4) is 0 Å². The maximum absolute atomic E-state index is 9.69. The first-order chi connectivity index (χ1) is 23.5. The Morgan fingerprint density at radius 1 is 0.327 bits per heavy atom. The van der Waals surface area contributed by atoms with Gasteiger partial charge >= 0.3 is 0 Å². The molecule has 0 spiro atoms. The van der Waals surface area contributed by atoms with E-state index in [4.69, 9.17) is 13.3 Å². The van der Waals surface area contributed by atoms with Crippen LogP contribution >= 0.6 is 0 Å². The fraction of sp³-hybridized carbons (Fsp3) is 0. The molecule has 3 aromatic heterocycles. The molecule has 9 rings (SSSR count). The molecular weight excluding hydrogens is 651 g/mol. The Hall–Kier alpha value is -6.00. The molecule has 0 aliphatic heterocycles. The minimum absolute atomic E-state index is 0. The summed E-state index contributed by atoms with van der Waals surface area (Å²) in [5, 5.41) is 29.1. The molecule has 0 unspecified atom stereocenters. The Morgan fingerprint density at radius 3 is 0.837 bits per heavy atom. The zero-order valence-electron chi connectivity index (χ0n) is 25.8. The van der Waals surface area contributed by atoms with E-state index >= 15 is 0 Å². The van der Waals surface area contributed by atoms with Crippen molar-refractivity contribution < 1.29 is 54.4 Å². The van der Waals surface area contributed by atoms with Crippen molar-refractivity contribution in [1.82, 2.24) is 15.0 Å². The van der Waals surface area contributed by atoms with Crippen LogP contribution in [0.25, 0.3) is 67.7 Å².